The summed E-state index contributed by atoms with van der Waals surface area (Å²) in [7, 11) is 0. The Labute approximate surface area is 162 Å². The lowest BCUT2D eigenvalue weighted by molar-refractivity contribution is -0.132. The molecular weight excluding hydrogens is 340 g/mol. The molecule has 1 aromatic rings. The SMILES string of the molecule is C#Cc1ccc(C2(NC=O)CC2)cc1.CC(C)(C)CC(=O)N1CCC(O)C1. The molecule has 1 aliphatic carbocycles. The number of terminal acetylenes is 1. The number of nitrogens with one attached hydrogen (secondary N) is 1. The summed E-state index contributed by atoms with van der Waals surface area (Å²) in [5, 5.41) is 12.1. The number of amides is 2. The molecule has 1 unspecified atom stereocenters. The second-order valence-corrected chi connectivity index (χ2v) is 8.59. The first-order chi connectivity index (χ1) is 12.7. The summed E-state index contributed by atoms with van der Waals surface area (Å²) in [5.74, 6) is 2.74. The highest BCUT2D eigenvalue weighted by molar-refractivity contribution is 5.77. The Morgan fingerprint density at radius 1 is 1.37 bits per heavy atom. The van der Waals surface area contributed by atoms with E-state index < -0.39 is 0 Å². The van der Waals surface area contributed by atoms with E-state index in [1.165, 1.54) is 0 Å². The van der Waals surface area contributed by atoms with Gasteiger partial charge in [-0.3, -0.25) is 9.59 Å². The molecule has 5 heteroatoms. The van der Waals surface area contributed by atoms with Gasteiger partial charge in [0, 0.05) is 25.1 Å². The standard InChI is InChI=1S/C12H11NO.C10H19NO2/c1-2-10-3-5-11(6-4-10)12(7-8-12)13-9-14;1-10(2,3)6-9(13)11-5-4-8(12)7-11/h1,3-6,9H,7-8H2,(H,13,14);8,12H,4-7H2,1-3H3. The zero-order chi connectivity index (χ0) is 20.1. The van der Waals surface area contributed by atoms with E-state index in [0.29, 0.717) is 13.0 Å². The predicted octanol–water partition coefficient (Wildman–Crippen LogP) is 2.42. The first kappa shape index (κ1) is 21.0. The summed E-state index contributed by atoms with van der Waals surface area (Å²) in [6.07, 6.45) is 9.06. The van der Waals surface area contributed by atoms with Gasteiger partial charge in [0.2, 0.25) is 12.3 Å². The molecule has 3 rings (SSSR count). The molecule has 1 saturated heterocycles. The van der Waals surface area contributed by atoms with Crippen LogP contribution in [0.5, 0.6) is 0 Å². The Bertz CT molecular complexity index is 694. The van der Waals surface area contributed by atoms with Crippen LogP contribution in [-0.2, 0) is 15.1 Å². The number of carbonyl (C=O) groups is 2. The van der Waals surface area contributed by atoms with E-state index >= 15 is 0 Å². The monoisotopic (exact) mass is 370 g/mol. The zero-order valence-corrected chi connectivity index (χ0v) is 16.5. The maximum absolute atomic E-state index is 11.6. The molecule has 1 aliphatic heterocycles. The molecule has 1 heterocycles. The van der Waals surface area contributed by atoms with Crippen LogP contribution in [0, 0.1) is 17.8 Å². The van der Waals surface area contributed by atoms with Crippen molar-refractivity contribution in [2.75, 3.05) is 13.1 Å². The Hall–Kier alpha value is -2.32. The van der Waals surface area contributed by atoms with Gasteiger partial charge in [0.25, 0.3) is 0 Å². The number of aliphatic hydroxyl groups is 1. The van der Waals surface area contributed by atoms with Crippen LogP contribution in [0.1, 0.15) is 57.6 Å². The van der Waals surface area contributed by atoms with Crippen molar-refractivity contribution in [3.05, 3.63) is 35.4 Å². The number of benzene rings is 1. The van der Waals surface area contributed by atoms with E-state index in [-0.39, 0.29) is 23.0 Å². The maximum Gasteiger partial charge on any atom is 0.223 e. The van der Waals surface area contributed by atoms with Crippen molar-refractivity contribution in [2.24, 2.45) is 5.41 Å². The lowest BCUT2D eigenvalue weighted by atomic mass is 9.92. The van der Waals surface area contributed by atoms with Gasteiger partial charge in [0.1, 0.15) is 0 Å². The van der Waals surface area contributed by atoms with Gasteiger partial charge in [-0.05, 0) is 42.4 Å². The summed E-state index contributed by atoms with van der Waals surface area (Å²) >= 11 is 0. The largest absolute Gasteiger partial charge is 0.391 e. The van der Waals surface area contributed by atoms with Crippen LogP contribution < -0.4 is 5.32 Å². The van der Waals surface area contributed by atoms with Crippen LogP contribution in [0.15, 0.2) is 24.3 Å². The van der Waals surface area contributed by atoms with Gasteiger partial charge in [-0.2, -0.15) is 0 Å². The van der Waals surface area contributed by atoms with Crippen molar-refractivity contribution in [3.63, 3.8) is 0 Å². The second-order valence-electron chi connectivity index (χ2n) is 8.59. The molecule has 0 spiro atoms. The second kappa shape index (κ2) is 8.58. The van der Waals surface area contributed by atoms with Crippen molar-refractivity contribution in [1.29, 1.82) is 0 Å². The molecule has 2 fully saturated rings. The van der Waals surface area contributed by atoms with Crippen LogP contribution in [0.2, 0.25) is 0 Å². The number of likely N-dealkylation sites (tertiary alicyclic amines) is 1. The van der Waals surface area contributed by atoms with Crippen molar-refractivity contribution >= 4 is 12.3 Å². The quantitative estimate of drug-likeness (QED) is 0.632. The van der Waals surface area contributed by atoms with E-state index in [1.54, 1.807) is 4.90 Å². The van der Waals surface area contributed by atoms with Crippen LogP contribution in [0.4, 0.5) is 0 Å². The van der Waals surface area contributed by atoms with Crippen LogP contribution in [0.25, 0.3) is 0 Å². The number of hydrogen-bond acceptors (Lipinski definition) is 3. The molecule has 1 aromatic carbocycles. The molecule has 1 saturated carbocycles. The average molecular weight is 370 g/mol. The third-order valence-electron chi connectivity index (χ3n) is 4.89. The minimum absolute atomic E-state index is 0.0463. The van der Waals surface area contributed by atoms with Gasteiger partial charge in [-0.15, -0.1) is 6.42 Å². The number of hydrogen-bond donors (Lipinski definition) is 2. The molecule has 146 valence electrons. The highest BCUT2D eigenvalue weighted by Gasteiger charge is 2.43. The van der Waals surface area contributed by atoms with E-state index in [2.05, 4.69) is 32.0 Å². The number of rotatable bonds is 4. The van der Waals surface area contributed by atoms with Gasteiger partial charge >= 0.3 is 0 Å². The minimum Gasteiger partial charge on any atom is -0.391 e. The summed E-state index contributed by atoms with van der Waals surface area (Å²) in [6, 6.07) is 7.78. The Kier molecular flexibility index (Phi) is 6.67. The summed E-state index contributed by atoms with van der Waals surface area (Å²) in [5.41, 5.74) is 1.96. The fourth-order valence-corrected chi connectivity index (χ4v) is 3.17. The number of β-amino-alcohol motifs (C(OH)–C–C–N with tert-alkyl or cyclic N) is 1. The average Bonchev–Trinajstić information content (AvgIpc) is 3.26. The molecule has 5 nitrogen and oxygen atoms in total. The molecule has 0 aromatic heterocycles. The summed E-state index contributed by atoms with van der Waals surface area (Å²) in [6.45, 7) is 7.40. The van der Waals surface area contributed by atoms with Gasteiger partial charge in [0.05, 0.1) is 11.6 Å². The lowest BCUT2D eigenvalue weighted by Crippen LogP contribution is -2.32. The van der Waals surface area contributed by atoms with Crippen molar-refractivity contribution < 1.29 is 14.7 Å². The van der Waals surface area contributed by atoms with Crippen LogP contribution in [0.3, 0.4) is 0 Å². The summed E-state index contributed by atoms with van der Waals surface area (Å²) < 4.78 is 0. The van der Waals surface area contributed by atoms with E-state index in [1.807, 2.05) is 24.3 Å². The minimum atomic E-state index is -0.302. The third-order valence-corrected chi connectivity index (χ3v) is 4.89. The van der Waals surface area contributed by atoms with Gasteiger partial charge in [-0.25, -0.2) is 0 Å². The highest BCUT2D eigenvalue weighted by atomic mass is 16.3. The maximum atomic E-state index is 11.6. The molecule has 2 N–H and O–H groups in total. The number of carbonyl (C=O) groups excluding carboxylic acids is 2. The Morgan fingerprint density at radius 2 is 2.00 bits per heavy atom. The first-order valence-electron chi connectivity index (χ1n) is 9.43. The van der Waals surface area contributed by atoms with Crippen LogP contribution >= 0.6 is 0 Å². The van der Waals surface area contributed by atoms with Crippen LogP contribution in [-0.4, -0.2) is 41.5 Å². The van der Waals surface area contributed by atoms with E-state index in [9.17, 15) is 14.7 Å². The van der Waals surface area contributed by atoms with Crippen molar-refractivity contribution in [2.45, 2.75) is 58.1 Å². The molecule has 0 bridgehead atoms. The van der Waals surface area contributed by atoms with Crippen molar-refractivity contribution in [1.82, 2.24) is 10.2 Å². The third kappa shape index (κ3) is 6.11. The first-order valence-corrected chi connectivity index (χ1v) is 9.43. The molecular formula is C22H30N2O3. The summed E-state index contributed by atoms with van der Waals surface area (Å²) in [4.78, 5) is 23.8. The normalized spacial score (nSPS) is 20.1. The lowest BCUT2D eigenvalue weighted by Gasteiger charge is -2.22. The Balaban J connectivity index is 0.000000194. The molecule has 1 atom stereocenters. The highest BCUT2D eigenvalue weighted by Crippen LogP contribution is 2.44. The van der Waals surface area contributed by atoms with Gasteiger partial charge in [0.15, 0.2) is 0 Å². The molecule has 2 amide bonds. The number of nitrogens with zero attached hydrogens (tertiary/aromatic N) is 1. The number of aliphatic hydroxyl groups excluding tert-OH is 1. The predicted molar refractivity (Wildman–Crippen MR) is 106 cm³/mol. The molecule has 27 heavy (non-hydrogen) atoms. The fraction of sp³-hybridized carbons (Fsp3) is 0.545. The molecule has 2 aliphatic rings. The van der Waals surface area contributed by atoms with E-state index in [4.69, 9.17) is 6.42 Å². The van der Waals surface area contributed by atoms with Gasteiger partial charge < -0.3 is 15.3 Å². The zero-order valence-electron chi connectivity index (χ0n) is 16.5. The smallest absolute Gasteiger partial charge is 0.223 e. The van der Waals surface area contributed by atoms with Gasteiger partial charge in [-0.1, -0.05) is 38.8 Å². The van der Waals surface area contributed by atoms with Crippen molar-refractivity contribution in [3.8, 4) is 12.3 Å². The molecule has 0 radical (unpaired) electrons. The fourth-order valence-electron chi connectivity index (χ4n) is 3.17. The topological polar surface area (TPSA) is 69.6 Å². The Morgan fingerprint density at radius 3 is 2.41 bits per heavy atom. The van der Waals surface area contributed by atoms with E-state index in [0.717, 1.165) is 43.3 Å².